The summed E-state index contributed by atoms with van der Waals surface area (Å²) in [5, 5.41) is 6.14. The first kappa shape index (κ1) is 19.1. The highest BCUT2D eigenvalue weighted by Crippen LogP contribution is 2.26. The number of methoxy groups -OCH3 is 1. The summed E-state index contributed by atoms with van der Waals surface area (Å²) < 4.78 is 10.4. The van der Waals surface area contributed by atoms with E-state index in [1.807, 2.05) is 24.3 Å². The first-order valence-corrected chi connectivity index (χ1v) is 9.06. The van der Waals surface area contributed by atoms with Gasteiger partial charge in [-0.3, -0.25) is 4.79 Å². The van der Waals surface area contributed by atoms with Crippen molar-refractivity contribution in [2.24, 2.45) is 0 Å². The van der Waals surface area contributed by atoms with Crippen LogP contribution in [0.3, 0.4) is 0 Å². The highest BCUT2D eigenvalue weighted by Gasteiger charge is 2.17. The highest BCUT2D eigenvalue weighted by atomic mass is 16.5. The molecule has 0 spiro atoms. The lowest BCUT2D eigenvalue weighted by atomic mass is 10.2. The van der Waals surface area contributed by atoms with E-state index in [9.17, 15) is 4.79 Å². The average molecular weight is 371 g/mol. The number of hydrogen-bond acceptors (Lipinski definition) is 7. The molecule has 1 aromatic heterocycles. The van der Waals surface area contributed by atoms with E-state index >= 15 is 0 Å². The van der Waals surface area contributed by atoms with Crippen molar-refractivity contribution in [1.29, 1.82) is 0 Å². The summed E-state index contributed by atoms with van der Waals surface area (Å²) in [6, 6.07) is 9.42. The summed E-state index contributed by atoms with van der Waals surface area (Å²) in [7, 11) is 1.67. The molecule has 1 aromatic carbocycles. The summed E-state index contributed by atoms with van der Waals surface area (Å²) in [6.45, 7) is 4.36. The number of benzene rings is 1. The van der Waals surface area contributed by atoms with Gasteiger partial charge in [0.25, 0.3) is 5.91 Å². The van der Waals surface area contributed by atoms with Crippen molar-refractivity contribution in [2.75, 3.05) is 62.1 Å². The van der Waals surface area contributed by atoms with Crippen LogP contribution in [0.5, 0.6) is 0 Å². The van der Waals surface area contributed by atoms with E-state index in [1.165, 1.54) is 6.33 Å². The van der Waals surface area contributed by atoms with E-state index in [0.29, 0.717) is 37.9 Å². The Morgan fingerprint density at radius 3 is 2.89 bits per heavy atom. The molecule has 1 amide bonds. The monoisotopic (exact) mass is 371 g/mol. The molecule has 0 aliphatic carbocycles. The molecule has 0 saturated carbocycles. The molecule has 8 heteroatoms. The lowest BCUT2D eigenvalue weighted by molar-refractivity contribution is 0.102. The topological polar surface area (TPSA) is 88.6 Å². The Morgan fingerprint density at radius 1 is 1.26 bits per heavy atom. The van der Waals surface area contributed by atoms with Crippen LogP contribution in [0, 0.1) is 0 Å². The second kappa shape index (κ2) is 9.84. The SMILES string of the molecule is COCCCNc1cc(C(=O)Nc2ccccc2N2CCOCC2)ncn1. The number of amides is 1. The van der Waals surface area contributed by atoms with E-state index in [0.717, 1.165) is 30.9 Å². The Balaban J connectivity index is 1.67. The van der Waals surface area contributed by atoms with E-state index < -0.39 is 0 Å². The van der Waals surface area contributed by atoms with Crippen LogP contribution >= 0.6 is 0 Å². The Bertz CT molecular complexity index is 750. The van der Waals surface area contributed by atoms with Crippen LogP contribution in [0.4, 0.5) is 17.2 Å². The maximum Gasteiger partial charge on any atom is 0.274 e. The molecular weight excluding hydrogens is 346 g/mol. The van der Waals surface area contributed by atoms with Gasteiger partial charge in [0, 0.05) is 39.4 Å². The van der Waals surface area contributed by atoms with Crippen LogP contribution in [0.15, 0.2) is 36.7 Å². The van der Waals surface area contributed by atoms with Crippen LogP contribution in [0.1, 0.15) is 16.9 Å². The summed E-state index contributed by atoms with van der Waals surface area (Å²) in [4.78, 5) is 23.1. The fourth-order valence-electron chi connectivity index (χ4n) is 2.86. The standard InChI is InChI=1S/C19H25N5O3/c1-26-10-4-7-20-18-13-16(21-14-22-18)19(25)23-15-5-2-3-6-17(15)24-8-11-27-12-9-24/h2-3,5-6,13-14H,4,7-12H2,1H3,(H,23,25)(H,20,21,22). The molecule has 0 radical (unpaired) electrons. The summed E-state index contributed by atoms with van der Waals surface area (Å²) >= 11 is 0. The lowest BCUT2D eigenvalue weighted by Crippen LogP contribution is -2.36. The number of nitrogens with zero attached hydrogens (tertiary/aromatic N) is 3. The minimum atomic E-state index is -0.266. The van der Waals surface area contributed by atoms with Gasteiger partial charge in [0.05, 0.1) is 24.6 Å². The second-order valence-electron chi connectivity index (χ2n) is 6.13. The van der Waals surface area contributed by atoms with Gasteiger partial charge in [-0.25, -0.2) is 9.97 Å². The van der Waals surface area contributed by atoms with Crippen molar-refractivity contribution in [2.45, 2.75) is 6.42 Å². The molecule has 2 N–H and O–H groups in total. The predicted octanol–water partition coefficient (Wildman–Crippen LogP) is 2.01. The van der Waals surface area contributed by atoms with Gasteiger partial charge in [-0.15, -0.1) is 0 Å². The number of aromatic nitrogens is 2. The largest absolute Gasteiger partial charge is 0.385 e. The first-order chi connectivity index (χ1) is 13.3. The second-order valence-corrected chi connectivity index (χ2v) is 6.13. The molecule has 1 saturated heterocycles. The van der Waals surface area contributed by atoms with Crippen molar-refractivity contribution < 1.29 is 14.3 Å². The predicted molar refractivity (Wildman–Crippen MR) is 104 cm³/mol. The molecule has 2 heterocycles. The number of carbonyl (C=O) groups excluding carboxylic acids is 1. The van der Waals surface area contributed by atoms with Crippen LogP contribution < -0.4 is 15.5 Å². The number of para-hydroxylation sites is 2. The molecule has 0 unspecified atom stereocenters. The van der Waals surface area contributed by atoms with Gasteiger partial charge in [-0.2, -0.15) is 0 Å². The number of anilines is 3. The molecule has 0 bridgehead atoms. The van der Waals surface area contributed by atoms with Crippen LogP contribution in [0.25, 0.3) is 0 Å². The maximum atomic E-state index is 12.7. The Kier molecular flexibility index (Phi) is 6.95. The van der Waals surface area contributed by atoms with E-state index in [1.54, 1.807) is 13.2 Å². The summed E-state index contributed by atoms with van der Waals surface area (Å²) in [5.41, 5.74) is 2.06. The van der Waals surface area contributed by atoms with Crippen molar-refractivity contribution >= 4 is 23.1 Å². The number of morpholine rings is 1. The molecule has 8 nitrogen and oxygen atoms in total. The molecule has 2 aromatic rings. The molecule has 3 rings (SSSR count). The minimum Gasteiger partial charge on any atom is -0.385 e. The Labute approximate surface area is 158 Å². The van der Waals surface area contributed by atoms with E-state index in [2.05, 4.69) is 25.5 Å². The Hall–Kier alpha value is -2.71. The van der Waals surface area contributed by atoms with Gasteiger partial charge < -0.3 is 25.0 Å². The summed E-state index contributed by atoms with van der Waals surface area (Å²) in [5.74, 6) is 0.353. The van der Waals surface area contributed by atoms with Gasteiger partial charge in [-0.1, -0.05) is 12.1 Å². The van der Waals surface area contributed by atoms with Gasteiger partial charge in [0.1, 0.15) is 17.8 Å². The van der Waals surface area contributed by atoms with Gasteiger partial charge >= 0.3 is 0 Å². The van der Waals surface area contributed by atoms with Crippen LogP contribution in [-0.2, 0) is 9.47 Å². The fraction of sp³-hybridized carbons (Fsp3) is 0.421. The van der Waals surface area contributed by atoms with Gasteiger partial charge in [0.15, 0.2) is 0 Å². The summed E-state index contributed by atoms with van der Waals surface area (Å²) in [6.07, 6.45) is 2.25. The normalized spacial score (nSPS) is 14.0. The molecule has 1 aliphatic heterocycles. The highest BCUT2D eigenvalue weighted by molar-refractivity contribution is 6.05. The van der Waals surface area contributed by atoms with Crippen molar-refractivity contribution in [3.8, 4) is 0 Å². The smallest absolute Gasteiger partial charge is 0.274 e. The molecule has 27 heavy (non-hydrogen) atoms. The van der Waals surface area contributed by atoms with Gasteiger partial charge in [0.2, 0.25) is 0 Å². The molecule has 0 atom stereocenters. The zero-order valence-corrected chi connectivity index (χ0v) is 15.5. The molecular formula is C19H25N5O3. The number of carbonyl (C=O) groups is 1. The molecule has 1 fully saturated rings. The third-order valence-electron chi connectivity index (χ3n) is 4.24. The third kappa shape index (κ3) is 5.38. The van der Waals surface area contributed by atoms with Crippen molar-refractivity contribution in [3.05, 3.63) is 42.4 Å². The van der Waals surface area contributed by atoms with Crippen LogP contribution in [0.2, 0.25) is 0 Å². The lowest BCUT2D eigenvalue weighted by Gasteiger charge is -2.30. The van der Waals surface area contributed by atoms with Crippen molar-refractivity contribution in [3.63, 3.8) is 0 Å². The average Bonchev–Trinajstić information content (AvgIpc) is 2.72. The van der Waals surface area contributed by atoms with E-state index in [-0.39, 0.29) is 5.91 Å². The zero-order valence-electron chi connectivity index (χ0n) is 15.5. The zero-order chi connectivity index (χ0) is 18.9. The molecule has 144 valence electrons. The minimum absolute atomic E-state index is 0.266. The quantitative estimate of drug-likeness (QED) is 0.686. The number of nitrogens with one attached hydrogen (secondary N) is 2. The first-order valence-electron chi connectivity index (χ1n) is 9.06. The van der Waals surface area contributed by atoms with E-state index in [4.69, 9.17) is 9.47 Å². The fourth-order valence-corrected chi connectivity index (χ4v) is 2.86. The number of ether oxygens (including phenoxy) is 2. The van der Waals surface area contributed by atoms with Crippen molar-refractivity contribution in [1.82, 2.24) is 9.97 Å². The Morgan fingerprint density at radius 2 is 2.07 bits per heavy atom. The number of rotatable bonds is 8. The van der Waals surface area contributed by atoms with Gasteiger partial charge in [-0.05, 0) is 18.6 Å². The van der Waals surface area contributed by atoms with Crippen LogP contribution in [-0.4, -0.2) is 62.4 Å². The number of hydrogen-bond donors (Lipinski definition) is 2. The third-order valence-corrected chi connectivity index (χ3v) is 4.24. The maximum absolute atomic E-state index is 12.7. The molecule has 1 aliphatic rings.